The van der Waals surface area contributed by atoms with Gasteiger partial charge in [-0.2, -0.15) is 0 Å². The molecule has 8 aromatic carbocycles. The van der Waals surface area contributed by atoms with Crippen LogP contribution in [-0.2, 0) is 57.5 Å². The summed E-state index contributed by atoms with van der Waals surface area (Å²) in [6.45, 7) is 0. The van der Waals surface area contributed by atoms with Crippen LogP contribution < -0.4 is 42.5 Å². The fraction of sp³-hybridized carbons (Fsp3) is 0.0870. The Balaban J connectivity index is 0.993. The van der Waals surface area contributed by atoms with Crippen LogP contribution in [0.4, 0.5) is 0 Å². The molecule has 8 amide bonds. The molecule has 0 spiro atoms. The van der Waals surface area contributed by atoms with Crippen LogP contribution in [0.25, 0.3) is 90.9 Å². The molecule has 3 aromatic heterocycles. The summed E-state index contributed by atoms with van der Waals surface area (Å²) in [7, 11) is 0. The number of hydrogen-bond donors (Lipinski definition) is 22. The maximum atomic E-state index is 14.5. The summed E-state index contributed by atoms with van der Waals surface area (Å²) in [6.07, 6.45) is 6.49. The third-order valence-electron chi connectivity index (χ3n) is 20.7. The van der Waals surface area contributed by atoms with Crippen molar-refractivity contribution in [1.82, 2.24) is 62.5 Å². The number of nitrogens with zero attached hydrogens (tertiary/aromatic N) is 2. The fourth-order valence-electron chi connectivity index (χ4n) is 14.1. The van der Waals surface area contributed by atoms with Crippen molar-refractivity contribution in [3.8, 4) is 67.5 Å². The first-order chi connectivity index (χ1) is 63.0. The van der Waals surface area contributed by atoms with Crippen LogP contribution >= 0.6 is 0 Å². The molecule has 2 aliphatic heterocycles. The standard InChI is InChI=1S/C92H70N12O28/c105-53-25-17-45(18-26-53)69(81(113)101-73(85(117)118)86(119)120)97-77(109)49-9-1-41(2-10-49)65-57-33-35-59(93-57)66(42-3-11-50(12-4-42)78(110)98-70(46-19-27-54(106)28-20-46)82(114)102-74(87(121)122)88(123)124)61-37-39-63(95-61)68(44-7-15-52(16-8-44)80(112)100-72(48-23-31-56(108)32-24-48)84(116)104-76(91(129)130)92(131)132)64-40-38-62(96-64)67(60-36-34-58(65)94-60)43-5-13-51(14-6-43)79(111)99-71(47-21-29-55(107)30-22-47)83(115)103-75(89(125)126)90(127)128/h1-40,69-76,93-94,105-108H,(H,97,109)(H,98,110)(H,99,111)(H,100,112)(H,101,113)(H,102,114)(H,103,115)(H,104,116)(H,117,118)(H,119,120)(H,121,122)(H,123,124)(H,125,126)(H,127,128)(H,129,130)(H,131,132)/t69-,70-,71+,72-/m0/s1. The molecule has 2 aliphatic rings. The SMILES string of the molecule is O=C(N[C@H](C(=O)NC(C(=O)O)C(=O)O)c1ccc(O)cc1)c1ccc(-c2c3nc(c(-c4ccc(C(=O)N[C@H](C(=O)NC(C(=O)O)C(=O)O)c5ccc(O)cc5)cc4)c4ccc([nH]4)c(-c4ccc(C(=O)N[C@H](C(=O)NC(C(=O)O)C(=O)O)c5ccc(O)cc5)cc4)c4ccc([nH]4)c(-c4ccc(C(=O)N[C@@H](C(=O)NC(C(=O)O)C(=O)O)c5ccc(O)cc5)cc4)c4nc2C=C4)C=C3)cc1. The van der Waals surface area contributed by atoms with Crippen LogP contribution in [-0.4, -0.2) is 200 Å². The third-order valence-corrected chi connectivity index (χ3v) is 20.7. The molecule has 40 nitrogen and oxygen atoms in total. The van der Waals surface area contributed by atoms with E-state index < -0.39 is 143 Å². The topological polar surface area (TPSA) is 669 Å². The third kappa shape index (κ3) is 20.4. The molecule has 4 atom stereocenters. The van der Waals surface area contributed by atoms with Gasteiger partial charge >= 0.3 is 47.8 Å². The number of carbonyl (C=O) groups excluding carboxylic acids is 8. The number of rotatable bonds is 32. The van der Waals surface area contributed by atoms with Gasteiger partial charge in [0.05, 0.1) is 22.8 Å². The second kappa shape index (κ2) is 38.7. The number of H-pyrrole nitrogens is 2. The van der Waals surface area contributed by atoms with Crippen LogP contribution in [0.2, 0.25) is 0 Å². The second-order valence-corrected chi connectivity index (χ2v) is 29.3. The van der Waals surface area contributed by atoms with Gasteiger partial charge in [-0.3, -0.25) is 38.4 Å². The number of aliphatic carboxylic acids is 8. The number of amides is 8. The molecule has 0 saturated carbocycles. The Hall–Kier alpha value is -18.9. The smallest absolute Gasteiger partial charge is 0.338 e. The van der Waals surface area contributed by atoms with Crippen molar-refractivity contribution in [2.24, 2.45) is 0 Å². The number of carbonyl (C=O) groups is 16. The van der Waals surface area contributed by atoms with E-state index >= 15 is 0 Å². The van der Waals surface area contributed by atoms with Gasteiger partial charge < -0.3 is 114 Å². The highest BCUT2D eigenvalue weighted by atomic mass is 16.4. The van der Waals surface area contributed by atoms with Crippen molar-refractivity contribution in [2.45, 2.75) is 48.3 Å². The summed E-state index contributed by atoms with van der Waals surface area (Å²) in [5.41, 5.74) is 3.92. The van der Waals surface area contributed by atoms with Gasteiger partial charge in [0.15, 0.2) is 0 Å². The highest BCUT2D eigenvalue weighted by Crippen LogP contribution is 2.40. The molecule has 0 radical (unpaired) electrons. The first-order valence-corrected chi connectivity index (χ1v) is 39.0. The maximum absolute atomic E-state index is 14.5. The van der Waals surface area contributed by atoms with Crippen molar-refractivity contribution in [3.05, 3.63) is 286 Å². The molecule has 0 fully saturated rings. The molecule has 132 heavy (non-hydrogen) atoms. The van der Waals surface area contributed by atoms with Gasteiger partial charge in [-0.1, -0.05) is 97.1 Å². The Morgan fingerprint density at radius 2 is 0.402 bits per heavy atom. The van der Waals surface area contributed by atoms with Gasteiger partial charge in [-0.25, -0.2) is 48.3 Å². The maximum Gasteiger partial charge on any atom is 0.338 e. The minimum Gasteiger partial charge on any atom is -0.508 e. The zero-order valence-corrected chi connectivity index (χ0v) is 67.5. The number of fused-ring (bicyclic) bond motifs is 8. The number of hydrogen-bond acceptors (Lipinski definition) is 22. The predicted molar refractivity (Wildman–Crippen MR) is 463 cm³/mol. The molecule has 22 N–H and O–H groups in total. The number of aromatic hydroxyl groups is 4. The van der Waals surface area contributed by atoms with E-state index in [2.05, 4.69) is 31.2 Å². The largest absolute Gasteiger partial charge is 0.508 e. The summed E-state index contributed by atoms with van der Waals surface area (Å²) in [6, 6.07) is 31.8. The van der Waals surface area contributed by atoms with Crippen molar-refractivity contribution in [1.29, 1.82) is 0 Å². The Morgan fingerprint density at radius 1 is 0.220 bits per heavy atom. The van der Waals surface area contributed by atoms with Gasteiger partial charge in [0.1, 0.15) is 47.2 Å². The lowest BCUT2D eigenvalue weighted by atomic mass is 10.00. The number of benzene rings is 8. The van der Waals surface area contributed by atoms with Gasteiger partial charge in [0.2, 0.25) is 47.8 Å². The number of aromatic amines is 2. The first-order valence-electron chi connectivity index (χ1n) is 39.0. The number of phenols is 4. The molecule has 0 saturated heterocycles. The summed E-state index contributed by atoms with van der Waals surface area (Å²) in [4.78, 5) is 227. The lowest BCUT2D eigenvalue weighted by Crippen LogP contribution is -2.50. The average Bonchev–Trinajstić information content (AvgIpc) is 1.61. The highest BCUT2D eigenvalue weighted by Gasteiger charge is 2.38. The second-order valence-electron chi connectivity index (χ2n) is 29.3. The van der Waals surface area contributed by atoms with Crippen LogP contribution in [0.3, 0.4) is 0 Å². The van der Waals surface area contributed by atoms with Gasteiger partial charge in [0.25, 0.3) is 23.6 Å². The van der Waals surface area contributed by atoms with Crippen LogP contribution in [0, 0.1) is 0 Å². The van der Waals surface area contributed by atoms with Crippen molar-refractivity contribution in [2.75, 3.05) is 0 Å². The zero-order chi connectivity index (χ0) is 94.8. The van der Waals surface area contributed by atoms with Gasteiger partial charge in [-0.05, 0) is 190 Å². The molecular formula is C92H70N12O28. The summed E-state index contributed by atoms with van der Waals surface area (Å²) >= 11 is 0. The average molecular weight is 1790 g/mol. The lowest BCUT2D eigenvalue weighted by Gasteiger charge is -2.20. The van der Waals surface area contributed by atoms with Gasteiger partial charge in [-0.15, -0.1) is 0 Å². The predicted octanol–water partition coefficient (Wildman–Crippen LogP) is 6.65. The molecule has 666 valence electrons. The number of phenolic OH excluding ortho intramolecular Hbond substituents is 4. The Bertz CT molecular complexity index is 6490. The van der Waals surface area contributed by atoms with E-state index in [0.29, 0.717) is 61.0 Å². The number of carboxylic acid groups (broad SMARTS) is 8. The zero-order valence-electron chi connectivity index (χ0n) is 67.5. The Kier molecular flexibility index (Phi) is 26.6. The molecule has 40 heteroatoms. The fourth-order valence-corrected chi connectivity index (χ4v) is 14.1. The minimum absolute atomic E-state index is 0.0123. The van der Waals surface area contributed by atoms with E-state index in [1.807, 2.05) is 21.3 Å². The Labute approximate surface area is 740 Å². The summed E-state index contributed by atoms with van der Waals surface area (Å²) in [5, 5.41) is 136. The molecule has 0 unspecified atom stereocenters. The number of nitrogens with one attached hydrogen (secondary N) is 10. The number of carboxylic acids is 8. The molecule has 13 rings (SSSR count). The van der Waals surface area contributed by atoms with Gasteiger partial charge in [0, 0.05) is 66.6 Å². The molecule has 11 aromatic rings. The Morgan fingerprint density at radius 3 is 0.606 bits per heavy atom. The van der Waals surface area contributed by atoms with Crippen molar-refractivity contribution < 1.29 is 138 Å². The van der Waals surface area contributed by atoms with Crippen LogP contribution in [0.1, 0.15) is 111 Å². The van der Waals surface area contributed by atoms with Crippen molar-refractivity contribution in [3.63, 3.8) is 0 Å². The molecule has 8 bridgehead atoms. The molecule has 0 aliphatic carbocycles. The van der Waals surface area contributed by atoms with E-state index in [9.17, 15) is 138 Å². The quantitative estimate of drug-likeness (QED) is 0.0196. The normalized spacial score (nSPS) is 12.3. The van der Waals surface area contributed by atoms with Crippen LogP contribution in [0.5, 0.6) is 23.0 Å². The monoisotopic (exact) mass is 1790 g/mol. The minimum atomic E-state index is -2.46. The lowest BCUT2D eigenvalue weighted by molar-refractivity contribution is -0.154. The van der Waals surface area contributed by atoms with E-state index in [1.165, 1.54) is 146 Å². The van der Waals surface area contributed by atoms with Crippen molar-refractivity contribution >= 4 is 141 Å². The van der Waals surface area contributed by atoms with Crippen LogP contribution in [0.15, 0.2) is 218 Å². The van der Waals surface area contributed by atoms with E-state index in [0.717, 1.165) is 48.5 Å². The summed E-state index contributed by atoms with van der Waals surface area (Å²) in [5.74, 6) is -25.4. The molecular weight excluding hydrogens is 1720 g/mol. The summed E-state index contributed by atoms with van der Waals surface area (Å²) < 4.78 is 0. The first kappa shape index (κ1) is 90.8. The van der Waals surface area contributed by atoms with E-state index in [-0.39, 0.29) is 95.8 Å². The van der Waals surface area contributed by atoms with E-state index in [4.69, 9.17) is 9.97 Å². The molecule has 5 heterocycles. The van der Waals surface area contributed by atoms with E-state index in [1.54, 1.807) is 48.6 Å². The highest BCUT2D eigenvalue weighted by molar-refractivity contribution is 6.09. The number of aromatic nitrogens is 4.